The van der Waals surface area contributed by atoms with Gasteiger partial charge in [-0.1, -0.05) is 0 Å². The molecule has 0 unspecified atom stereocenters. The number of pyridine rings is 1. The number of methoxy groups -OCH3 is 1. The third-order valence-electron chi connectivity index (χ3n) is 3.06. The summed E-state index contributed by atoms with van der Waals surface area (Å²) in [5.74, 6) is 0.422. The molecule has 0 bridgehead atoms. The van der Waals surface area contributed by atoms with E-state index in [0.717, 1.165) is 25.9 Å². The lowest BCUT2D eigenvalue weighted by molar-refractivity contribution is -0.128. The first-order chi connectivity index (χ1) is 9.69. The number of likely N-dealkylation sites (tertiary alicyclic amines) is 1. The highest BCUT2D eigenvalue weighted by Gasteiger charge is 2.17. The summed E-state index contributed by atoms with van der Waals surface area (Å²) in [5.41, 5.74) is 0.539. The maximum absolute atomic E-state index is 11.7. The van der Waals surface area contributed by atoms with Crippen LogP contribution in [0.3, 0.4) is 0 Å². The van der Waals surface area contributed by atoms with E-state index in [-0.39, 0.29) is 12.5 Å². The minimum atomic E-state index is -0.426. The Labute approximate surface area is 117 Å². The number of nitrogens with zero attached hydrogens (tertiary/aromatic N) is 2. The lowest BCUT2D eigenvalue weighted by Crippen LogP contribution is -2.40. The molecule has 0 radical (unpaired) electrons. The van der Waals surface area contributed by atoms with Gasteiger partial charge in [-0.2, -0.15) is 0 Å². The number of carbonyl (C=O) groups is 2. The zero-order chi connectivity index (χ0) is 14.4. The maximum Gasteiger partial charge on any atom is 0.319 e. The molecule has 1 aliphatic rings. The molecule has 2 N–H and O–H groups in total. The number of hydrogen-bond donors (Lipinski definition) is 2. The van der Waals surface area contributed by atoms with E-state index in [1.54, 1.807) is 17.0 Å². The van der Waals surface area contributed by atoms with Crippen molar-refractivity contribution in [1.82, 2.24) is 15.2 Å². The van der Waals surface area contributed by atoms with E-state index in [1.807, 2.05) is 0 Å². The van der Waals surface area contributed by atoms with Gasteiger partial charge in [-0.05, 0) is 18.9 Å². The van der Waals surface area contributed by atoms with Crippen LogP contribution in [0.1, 0.15) is 12.8 Å². The molecule has 1 aromatic rings. The highest BCUT2D eigenvalue weighted by Crippen LogP contribution is 2.10. The Balaban J connectivity index is 1.75. The monoisotopic (exact) mass is 278 g/mol. The van der Waals surface area contributed by atoms with Gasteiger partial charge in [-0.25, -0.2) is 9.78 Å². The van der Waals surface area contributed by atoms with Gasteiger partial charge in [0.15, 0.2) is 0 Å². The van der Waals surface area contributed by atoms with E-state index in [0.29, 0.717) is 11.6 Å². The Kier molecular flexibility index (Phi) is 4.75. The summed E-state index contributed by atoms with van der Waals surface area (Å²) in [6, 6.07) is 2.89. The highest BCUT2D eigenvalue weighted by atomic mass is 16.5. The van der Waals surface area contributed by atoms with Gasteiger partial charge in [-0.15, -0.1) is 0 Å². The predicted molar refractivity (Wildman–Crippen MR) is 73.6 cm³/mol. The quantitative estimate of drug-likeness (QED) is 0.854. The maximum atomic E-state index is 11.7. The molecule has 0 aliphatic carbocycles. The van der Waals surface area contributed by atoms with Crippen LogP contribution in [0, 0.1) is 0 Å². The number of nitrogens with one attached hydrogen (secondary N) is 2. The Bertz CT molecular complexity index is 469. The third-order valence-corrected chi connectivity index (χ3v) is 3.06. The van der Waals surface area contributed by atoms with Crippen LogP contribution >= 0.6 is 0 Å². The zero-order valence-electron chi connectivity index (χ0n) is 11.4. The minimum Gasteiger partial charge on any atom is -0.481 e. The number of rotatable bonds is 4. The van der Waals surface area contributed by atoms with Crippen molar-refractivity contribution >= 4 is 17.6 Å². The fourth-order valence-corrected chi connectivity index (χ4v) is 1.98. The van der Waals surface area contributed by atoms with Gasteiger partial charge in [0, 0.05) is 19.2 Å². The van der Waals surface area contributed by atoms with E-state index in [9.17, 15) is 9.59 Å². The van der Waals surface area contributed by atoms with Crippen molar-refractivity contribution in [2.45, 2.75) is 12.8 Å². The van der Waals surface area contributed by atoms with Crippen LogP contribution in [0.5, 0.6) is 5.88 Å². The molecule has 2 rings (SSSR count). The fourth-order valence-electron chi connectivity index (χ4n) is 1.98. The van der Waals surface area contributed by atoms with Gasteiger partial charge in [0.25, 0.3) is 0 Å². The van der Waals surface area contributed by atoms with Crippen molar-refractivity contribution in [1.29, 1.82) is 0 Å². The third kappa shape index (κ3) is 3.84. The van der Waals surface area contributed by atoms with Crippen LogP contribution in [0.25, 0.3) is 0 Å². The van der Waals surface area contributed by atoms with Crippen molar-refractivity contribution in [3.63, 3.8) is 0 Å². The number of aromatic nitrogens is 1. The predicted octanol–water partition coefficient (Wildman–Crippen LogP) is 0.834. The van der Waals surface area contributed by atoms with Crippen molar-refractivity contribution in [2.75, 3.05) is 32.1 Å². The summed E-state index contributed by atoms with van der Waals surface area (Å²) in [6.45, 7) is 1.57. The molecule has 0 atom stereocenters. The summed E-state index contributed by atoms with van der Waals surface area (Å²) >= 11 is 0. The van der Waals surface area contributed by atoms with Crippen molar-refractivity contribution < 1.29 is 14.3 Å². The van der Waals surface area contributed by atoms with E-state index in [1.165, 1.54) is 13.3 Å². The van der Waals surface area contributed by atoms with Crippen LogP contribution in [-0.4, -0.2) is 48.6 Å². The second-order valence-electron chi connectivity index (χ2n) is 4.48. The molecular formula is C13H18N4O3. The largest absolute Gasteiger partial charge is 0.481 e. The van der Waals surface area contributed by atoms with Gasteiger partial charge >= 0.3 is 6.03 Å². The first-order valence-corrected chi connectivity index (χ1v) is 6.51. The zero-order valence-corrected chi connectivity index (χ0v) is 11.4. The lowest BCUT2D eigenvalue weighted by atomic mass is 10.4. The summed E-state index contributed by atoms with van der Waals surface area (Å²) in [5, 5.41) is 5.14. The molecule has 1 aromatic heterocycles. The molecule has 1 saturated heterocycles. The van der Waals surface area contributed by atoms with E-state index < -0.39 is 6.03 Å². The van der Waals surface area contributed by atoms with Crippen molar-refractivity contribution in [3.05, 3.63) is 18.3 Å². The Morgan fingerprint density at radius 2 is 2.10 bits per heavy atom. The minimum absolute atomic E-state index is 0.00934. The number of anilines is 1. The van der Waals surface area contributed by atoms with Crippen LogP contribution in [0.15, 0.2) is 18.3 Å². The van der Waals surface area contributed by atoms with E-state index in [4.69, 9.17) is 4.74 Å². The SMILES string of the molecule is COc1ccc(NC(=O)NCC(=O)N2CCCC2)cn1. The van der Waals surface area contributed by atoms with Gasteiger partial charge in [0.05, 0.1) is 25.5 Å². The van der Waals surface area contributed by atoms with Gasteiger partial charge in [0.1, 0.15) is 0 Å². The normalized spacial score (nSPS) is 13.9. The lowest BCUT2D eigenvalue weighted by Gasteiger charge is -2.15. The van der Waals surface area contributed by atoms with E-state index >= 15 is 0 Å². The fraction of sp³-hybridized carbons (Fsp3) is 0.462. The first kappa shape index (κ1) is 14.1. The van der Waals surface area contributed by atoms with Crippen LogP contribution in [0.4, 0.5) is 10.5 Å². The number of amides is 3. The Morgan fingerprint density at radius 3 is 2.70 bits per heavy atom. The highest BCUT2D eigenvalue weighted by molar-refractivity contribution is 5.92. The molecule has 1 aliphatic heterocycles. The molecule has 0 saturated carbocycles. The standard InChI is InChI=1S/C13H18N4O3/c1-20-11-5-4-10(8-14-11)16-13(19)15-9-12(18)17-6-2-3-7-17/h4-5,8H,2-3,6-7,9H2,1H3,(H2,15,16,19). The second-order valence-corrected chi connectivity index (χ2v) is 4.48. The molecular weight excluding hydrogens is 260 g/mol. The van der Waals surface area contributed by atoms with Crippen LogP contribution < -0.4 is 15.4 Å². The molecule has 1 fully saturated rings. The number of urea groups is 1. The second kappa shape index (κ2) is 6.74. The van der Waals surface area contributed by atoms with Gasteiger partial charge in [-0.3, -0.25) is 4.79 Å². The van der Waals surface area contributed by atoms with Gasteiger partial charge < -0.3 is 20.3 Å². The van der Waals surface area contributed by atoms with Crippen LogP contribution in [-0.2, 0) is 4.79 Å². The summed E-state index contributed by atoms with van der Waals surface area (Å²) in [7, 11) is 1.52. The van der Waals surface area contributed by atoms with Crippen LogP contribution in [0.2, 0.25) is 0 Å². The summed E-state index contributed by atoms with van der Waals surface area (Å²) < 4.78 is 4.92. The average molecular weight is 278 g/mol. The molecule has 3 amide bonds. The first-order valence-electron chi connectivity index (χ1n) is 6.51. The van der Waals surface area contributed by atoms with E-state index in [2.05, 4.69) is 15.6 Å². The number of hydrogen-bond acceptors (Lipinski definition) is 4. The number of ether oxygens (including phenoxy) is 1. The molecule has 0 spiro atoms. The molecule has 0 aromatic carbocycles. The average Bonchev–Trinajstić information content (AvgIpc) is 3.00. The molecule has 2 heterocycles. The van der Waals surface area contributed by atoms with Crippen molar-refractivity contribution in [3.8, 4) is 5.88 Å². The smallest absolute Gasteiger partial charge is 0.319 e. The number of carbonyl (C=O) groups excluding carboxylic acids is 2. The van der Waals surface area contributed by atoms with Gasteiger partial charge in [0.2, 0.25) is 11.8 Å². The Hall–Kier alpha value is -2.31. The molecule has 108 valence electrons. The van der Waals surface area contributed by atoms with Crippen molar-refractivity contribution in [2.24, 2.45) is 0 Å². The topological polar surface area (TPSA) is 83.6 Å². The summed E-state index contributed by atoms with van der Waals surface area (Å²) in [6.07, 6.45) is 3.56. The Morgan fingerprint density at radius 1 is 1.35 bits per heavy atom. The molecule has 7 heteroatoms. The molecule has 7 nitrogen and oxygen atoms in total. The summed E-state index contributed by atoms with van der Waals surface area (Å²) in [4.78, 5) is 29.1. The molecule has 20 heavy (non-hydrogen) atoms.